The minimum atomic E-state index is -0.909. The Balaban J connectivity index is 0.000000371. The van der Waals surface area contributed by atoms with Gasteiger partial charge >= 0.3 is 0 Å². The Labute approximate surface area is 64.7 Å². The molecular weight excluding hydrogens is 140 g/mol. The van der Waals surface area contributed by atoms with Crippen molar-refractivity contribution < 1.29 is 4.80 Å². The van der Waals surface area contributed by atoms with Crippen molar-refractivity contribution in [3.8, 4) is 0 Å². The third kappa shape index (κ3) is 3.43. The van der Waals surface area contributed by atoms with E-state index >= 15 is 0 Å². The van der Waals surface area contributed by atoms with Gasteiger partial charge in [-0.2, -0.15) is 0 Å². The number of benzene rings is 1. The predicted molar refractivity (Wildman–Crippen MR) is 48.2 cm³/mol. The lowest BCUT2D eigenvalue weighted by Crippen LogP contribution is -2.11. The highest BCUT2D eigenvalue weighted by Gasteiger charge is 1.82. The largest absolute Gasteiger partial charge is 0.433 e. The van der Waals surface area contributed by atoms with Crippen molar-refractivity contribution in [1.29, 1.82) is 0 Å². The highest BCUT2D eigenvalue weighted by atomic mass is 28.2. The monoisotopic (exact) mass is 154 g/mol. The average Bonchev–Trinajstić information content (AvgIpc) is 2.10. The van der Waals surface area contributed by atoms with Crippen LogP contribution in [-0.2, 0) is 0 Å². The van der Waals surface area contributed by atoms with Crippen molar-refractivity contribution in [3.05, 3.63) is 30.3 Å². The Kier molecular flexibility index (Phi) is 6.12. The molecule has 1 N–H and O–H groups in total. The Bertz CT molecular complexity index is 151. The molecule has 1 nitrogen and oxygen atoms in total. The van der Waals surface area contributed by atoms with E-state index in [1.165, 1.54) is 0 Å². The van der Waals surface area contributed by atoms with Crippen LogP contribution < -0.4 is 5.19 Å². The van der Waals surface area contributed by atoms with Crippen molar-refractivity contribution in [3.63, 3.8) is 0 Å². The summed E-state index contributed by atoms with van der Waals surface area (Å²) < 4.78 is 0. The van der Waals surface area contributed by atoms with Crippen molar-refractivity contribution in [2.75, 3.05) is 0 Å². The van der Waals surface area contributed by atoms with Crippen molar-refractivity contribution >= 4 is 14.9 Å². The fourth-order valence-corrected chi connectivity index (χ4v) is 1.07. The molecule has 0 atom stereocenters. The number of hydrogen-bond acceptors (Lipinski definition) is 1. The van der Waals surface area contributed by atoms with Gasteiger partial charge in [-0.3, -0.25) is 0 Å². The van der Waals surface area contributed by atoms with Gasteiger partial charge in [0.25, 0.3) is 0 Å². The molecule has 0 bridgehead atoms. The summed E-state index contributed by atoms with van der Waals surface area (Å²) >= 11 is 0. The molecule has 0 heterocycles. The molecule has 10 heavy (non-hydrogen) atoms. The maximum Gasteiger partial charge on any atom is 0.187 e. The quantitative estimate of drug-likeness (QED) is 0.581. The number of rotatable bonds is 1. The molecule has 0 radical (unpaired) electrons. The minimum Gasteiger partial charge on any atom is -0.433 e. The molecule has 0 aliphatic carbocycles. The smallest absolute Gasteiger partial charge is 0.187 e. The Morgan fingerprint density at radius 2 is 1.60 bits per heavy atom. The van der Waals surface area contributed by atoms with Gasteiger partial charge in [-0.15, -0.1) is 0 Å². The van der Waals surface area contributed by atoms with E-state index < -0.39 is 9.76 Å². The Morgan fingerprint density at radius 3 is 1.90 bits per heavy atom. The fourth-order valence-electron chi connectivity index (χ4n) is 0.583. The first-order chi connectivity index (χ1) is 4.93. The SMILES string of the molecule is CC.O[SiH2]c1ccccc1. The van der Waals surface area contributed by atoms with Gasteiger partial charge in [0, 0.05) is 0 Å². The second kappa shape index (κ2) is 6.52. The van der Waals surface area contributed by atoms with Crippen LogP contribution in [0.3, 0.4) is 0 Å². The van der Waals surface area contributed by atoms with Gasteiger partial charge in [-0.25, -0.2) is 0 Å². The fraction of sp³-hybridized carbons (Fsp3) is 0.250. The second-order valence-corrected chi connectivity index (χ2v) is 2.78. The maximum absolute atomic E-state index is 8.68. The molecular formula is C8H14OSi. The summed E-state index contributed by atoms with van der Waals surface area (Å²) in [4.78, 5) is 8.68. The van der Waals surface area contributed by atoms with E-state index in [1.54, 1.807) is 0 Å². The first kappa shape index (κ1) is 9.40. The van der Waals surface area contributed by atoms with Gasteiger partial charge in [0.1, 0.15) is 0 Å². The van der Waals surface area contributed by atoms with E-state index in [0.29, 0.717) is 0 Å². The zero-order chi connectivity index (χ0) is 7.82. The summed E-state index contributed by atoms with van der Waals surface area (Å²) in [6, 6.07) is 9.74. The van der Waals surface area contributed by atoms with Crippen LogP contribution in [0, 0.1) is 0 Å². The summed E-state index contributed by atoms with van der Waals surface area (Å²) in [5.74, 6) is 0. The molecule has 0 amide bonds. The third-order valence-corrected chi connectivity index (χ3v) is 1.86. The van der Waals surface area contributed by atoms with E-state index in [0.717, 1.165) is 5.19 Å². The van der Waals surface area contributed by atoms with Gasteiger partial charge in [0.15, 0.2) is 9.76 Å². The van der Waals surface area contributed by atoms with Crippen LogP contribution in [0.5, 0.6) is 0 Å². The molecule has 1 aromatic carbocycles. The highest BCUT2D eigenvalue weighted by Crippen LogP contribution is 1.78. The van der Waals surface area contributed by atoms with Gasteiger partial charge in [0.05, 0.1) is 0 Å². The molecule has 0 aliphatic rings. The first-order valence-corrected chi connectivity index (χ1v) is 4.92. The van der Waals surface area contributed by atoms with Crippen LogP contribution in [0.15, 0.2) is 30.3 Å². The third-order valence-electron chi connectivity index (χ3n) is 1.03. The molecule has 0 aliphatic heterocycles. The van der Waals surface area contributed by atoms with Crippen LogP contribution in [0.4, 0.5) is 0 Å². The number of hydrogen-bond donors (Lipinski definition) is 1. The molecule has 0 spiro atoms. The summed E-state index contributed by atoms with van der Waals surface area (Å²) in [5.41, 5.74) is 0. The minimum absolute atomic E-state index is 0.909. The maximum atomic E-state index is 8.68. The van der Waals surface area contributed by atoms with Crippen LogP contribution in [-0.4, -0.2) is 14.6 Å². The molecule has 0 saturated carbocycles. The average molecular weight is 154 g/mol. The highest BCUT2D eigenvalue weighted by molar-refractivity contribution is 6.45. The summed E-state index contributed by atoms with van der Waals surface area (Å²) in [6.07, 6.45) is 0. The molecule has 0 fully saturated rings. The molecule has 0 unspecified atom stereocenters. The van der Waals surface area contributed by atoms with E-state index in [-0.39, 0.29) is 0 Å². The lowest BCUT2D eigenvalue weighted by Gasteiger charge is -1.88. The Morgan fingerprint density at radius 1 is 1.10 bits per heavy atom. The predicted octanol–water partition coefficient (Wildman–Crippen LogP) is 0.414. The van der Waals surface area contributed by atoms with Crippen molar-refractivity contribution in [2.24, 2.45) is 0 Å². The lowest BCUT2D eigenvalue weighted by atomic mass is 10.4. The first-order valence-electron chi connectivity index (χ1n) is 3.58. The molecule has 0 aromatic heterocycles. The van der Waals surface area contributed by atoms with Gasteiger partial charge in [-0.05, 0) is 5.19 Å². The van der Waals surface area contributed by atoms with E-state index in [4.69, 9.17) is 4.80 Å². The normalized spacial score (nSPS) is 9.10. The lowest BCUT2D eigenvalue weighted by molar-refractivity contribution is 0.615. The molecule has 56 valence electrons. The van der Waals surface area contributed by atoms with Crippen LogP contribution in [0.1, 0.15) is 13.8 Å². The van der Waals surface area contributed by atoms with Gasteiger partial charge in [-0.1, -0.05) is 44.2 Å². The van der Waals surface area contributed by atoms with E-state index in [2.05, 4.69) is 0 Å². The topological polar surface area (TPSA) is 20.2 Å². The molecule has 0 saturated heterocycles. The van der Waals surface area contributed by atoms with Gasteiger partial charge < -0.3 is 4.80 Å². The second-order valence-electron chi connectivity index (χ2n) is 1.64. The standard InChI is InChI=1S/C6H8OSi.C2H6/c7-8-6-4-2-1-3-5-6;1-2/h1-5,7H,8H2;1-2H3. The molecule has 1 aromatic rings. The summed E-state index contributed by atoms with van der Waals surface area (Å²) in [6.45, 7) is 4.00. The zero-order valence-corrected chi connectivity index (χ0v) is 7.96. The van der Waals surface area contributed by atoms with Crippen LogP contribution in [0.2, 0.25) is 0 Å². The van der Waals surface area contributed by atoms with Crippen molar-refractivity contribution in [2.45, 2.75) is 13.8 Å². The summed E-state index contributed by atoms with van der Waals surface area (Å²) in [7, 11) is -0.909. The zero-order valence-electron chi connectivity index (χ0n) is 6.54. The van der Waals surface area contributed by atoms with E-state index in [1.807, 2.05) is 44.2 Å². The van der Waals surface area contributed by atoms with E-state index in [9.17, 15) is 0 Å². The van der Waals surface area contributed by atoms with Crippen LogP contribution >= 0.6 is 0 Å². The summed E-state index contributed by atoms with van der Waals surface area (Å²) in [5, 5.41) is 1.10. The van der Waals surface area contributed by atoms with Gasteiger partial charge in [0.2, 0.25) is 0 Å². The molecule has 2 heteroatoms. The van der Waals surface area contributed by atoms with Crippen LogP contribution in [0.25, 0.3) is 0 Å². The van der Waals surface area contributed by atoms with Crippen molar-refractivity contribution in [1.82, 2.24) is 0 Å². The molecule has 1 rings (SSSR count). The Hall–Kier alpha value is -0.603.